The molecule has 6 rings (SSSR count). The number of benzene rings is 4. The summed E-state index contributed by atoms with van der Waals surface area (Å²) in [7, 11) is 6.17. The summed E-state index contributed by atoms with van der Waals surface area (Å²) >= 11 is 0. The van der Waals surface area contributed by atoms with Crippen molar-refractivity contribution in [3.63, 3.8) is 0 Å². The topological polar surface area (TPSA) is 66.0 Å². The maximum absolute atomic E-state index is 13.9. The quantitative estimate of drug-likeness (QED) is 0.252. The molecule has 0 radical (unpaired) electrons. The van der Waals surface area contributed by atoms with Crippen molar-refractivity contribution in [1.82, 2.24) is 0 Å². The molecule has 2 aliphatic rings. The number of carbonyl (C=O) groups is 1. The average molecular weight is 564 g/mol. The summed E-state index contributed by atoms with van der Waals surface area (Å²) in [5.41, 5.74) is 2.24. The Labute approximate surface area is 234 Å². The van der Waals surface area contributed by atoms with Gasteiger partial charge in [0.15, 0.2) is 28.8 Å². The fourth-order valence-electron chi connectivity index (χ4n) is 6.20. The normalized spacial score (nSPS) is 16.8. The Morgan fingerprint density at radius 3 is 1.90 bits per heavy atom. The lowest BCUT2D eigenvalue weighted by atomic mass is 9.73. The molecule has 1 aliphatic carbocycles. The van der Waals surface area contributed by atoms with Crippen LogP contribution in [0.25, 0.3) is 21.5 Å². The van der Waals surface area contributed by atoms with E-state index in [1.54, 1.807) is 27.4 Å². The highest BCUT2D eigenvalue weighted by Gasteiger charge is 2.39. The zero-order valence-corrected chi connectivity index (χ0v) is 23.0. The highest BCUT2D eigenvalue weighted by Crippen LogP contribution is 2.54. The lowest BCUT2D eigenvalue weighted by Gasteiger charge is -2.36. The van der Waals surface area contributed by atoms with Gasteiger partial charge in [-0.1, -0.05) is 18.2 Å². The maximum Gasteiger partial charge on any atom is 0.416 e. The van der Waals surface area contributed by atoms with E-state index >= 15 is 0 Å². The van der Waals surface area contributed by atoms with Crippen molar-refractivity contribution in [2.24, 2.45) is 0 Å². The number of rotatable bonds is 5. The number of hydrogen-bond acceptors (Lipinski definition) is 6. The van der Waals surface area contributed by atoms with Crippen molar-refractivity contribution in [3.8, 4) is 23.0 Å². The molecule has 0 saturated heterocycles. The number of fused-ring (bicyclic) bond motifs is 6. The van der Waals surface area contributed by atoms with Crippen LogP contribution in [-0.4, -0.2) is 34.2 Å². The molecular formula is C32H28F3NO5. The van der Waals surface area contributed by atoms with Crippen LogP contribution in [0, 0.1) is 0 Å². The van der Waals surface area contributed by atoms with Gasteiger partial charge in [0, 0.05) is 29.0 Å². The highest BCUT2D eigenvalue weighted by atomic mass is 19.4. The number of nitrogens with one attached hydrogen (secondary N) is 1. The zero-order chi connectivity index (χ0) is 29.1. The molecule has 1 atom stereocenters. The number of allylic oxidation sites excluding steroid dienone is 2. The second-order valence-electron chi connectivity index (χ2n) is 10.1. The number of halogens is 3. The van der Waals surface area contributed by atoms with Crippen LogP contribution in [0.5, 0.6) is 23.0 Å². The molecule has 0 fully saturated rings. The summed E-state index contributed by atoms with van der Waals surface area (Å²) in [4.78, 5) is 13.5. The van der Waals surface area contributed by atoms with Crippen LogP contribution in [0.4, 0.5) is 18.9 Å². The van der Waals surface area contributed by atoms with E-state index in [-0.39, 0.29) is 5.78 Å². The predicted molar refractivity (Wildman–Crippen MR) is 150 cm³/mol. The lowest BCUT2D eigenvalue weighted by Crippen LogP contribution is -2.27. The first-order valence-electron chi connectivity index (χ1n) is 13.2. The Hall–Kier alpha value is -4.40. The van der Waals surface area contributed by atoms with E-state index in [0.717, 1.165) is 39.4 Å². The number of alkyl halides is 3. The minimum absolute atomic E-state index is 0.0761. The van der Waals surface area contributed by atoms with Gasteiger partial charge in [-0.25, -0.2) is 0 Å². The van der Waals surface area contributed by atoms with Gasteiger partial charge in [-0.3, -0.25) is 4.79 Å². The van der Waals surface area contributed by atoms with Crippen molar-refractivity contribution >= 4 is 33.0 Å². The molecule has 4 aromatic rings. The van der Waals surface area contributed by atoms with Crippen LogP contribution in [0.2, 0.25) is 0 Å². The molecule has 6 nitrogen and oxygen atoms in total. The number of hydrogen-bond donors (Lipinski definition) is 1. The van der Waals surface area contributed by atoms with Crippen molar-refractivity contribution in [3.05, 3.63) is 76.5 Å². The standard InChI is InChI=1S/C32H28F3NO5/c1-38-24-12-18-19-13-25(39-2)27(41-4)15-21(19)31-29(20(18)14-26(24)40-3)28(30-22(36-31)9-6-10-23(30)37)16-7-5-8-17(11-16)32(33,34)35/h5,7-8,11-15,28,36H,6,9-10H2,1-4H3. The summed E-state index contributed by atoms with van der Waals surface area (Å²) in [6.07, 6.45) is -2.94. The summed E-state index contributed by atoms with van der Waals surface area (Å²) in [5.74, 6) is 1.15. The third kappa shape index (κ3) is 4.22. The summed E-state index contributed by atoms with van der Waals surface area (Å²) in [5, 5.41) is 6.61. The second kappa shape index (κ2) is 9.90. The monoisotopic (exact) mass is 563 g/mol. The molecular weight excluding hydrogens is 535 g/mol. The summed E-state index contributed by atoms with van der Waals surface area (Å²) in [6.45, 7) is 0. The minimum atomic E-state index is -4.54. The molecule has 212 valence electrons. The number of Topliss-reactive ketones (excluding diaryl/α,β-unsaturated/α-hetero) is 1. The van der Waals surface area contributed by atoms with Crippen molar-refractivity contribution in [2.75, 3.05) is 33.8 Å². The number of methoxy groups -OCH3 is 4. The summed E-state index contributed by atoms with van der Waals surface area (Å²) in [6, 6.07) is 12.7. The molecule has 0 spiro atoms. The van der Waals surface area contributed by atoms with E-state index in [1.807, 2.05) is 24.3 Å². The Kier molecular flexibility index (Phi) is 6.47. The van der Waals surface area contributed by atoms with Gasteiger partial charge in [-0.15, -0.1) is 0 Å². The fraction of sp³-hybridized carbons (Fsp3) is 0.281. The van der Waals surface area contributed by atoms with Crippen LogP contribution >= 0.6 is 0 Å². The van der Waals surface area contributed by atoms with Crippen LogP contribution in [0.1, 0.15) is 41.9 Å². The van der Waals surface area contributed by atoms with Gasteiger partial charge in [-0.2, -0.15) is 13.2 Å². The molecule has 0 saturated carbocycles. The van der Waals surface area contributed by atoms with E-state index in [4.69, 9.17) is 18.9 Å². The second-order valence-corrected chi connectivity index (χ2v) is 10.1. The van der Waals surface area contributed by atoms with Gasteiger partial charge in [0.2, 0.25) is 0 Å². The van der Waals surface area contributed by atoms with Gasteiger partial charge in [0.1, 0.15) is 0 Å². The van der Waals surface area contributed by atoms with E-state index < -0.39 is 17.7 Å². The highest BCUT2D eigenvalue weighted by molar-refractivity contribution is 6.19. The maximum atomic E-state index is 13.9. The molecule has 0 aromatic heterocycles. The van der Waals surface area contributed by atoms with Gasteiger partial charge in [0.25, 0.3) is 0 Å². The lowest BCUT2D eigenvalue weighted by molar-refractivity contribution is -0.137. The van der Waals surface area contributed by atoms with E-state index in [1.165, 1.54) is 13.2 Å². The number of carbonyl (C=O) groups excluding carboxylic acids is 1. The largest absolute Gasteiger partial charge is 0.493 e. The van der Waals surface area contributed by atoms with Gasteiger partial charge in [0.05, 0.1) is 39.7 Å². The minimum Gasteiger partial charge on any atom is -0.493 e. The first kappa shape index (κ1) is 26.8. The van der Waals surface area contributed by atoms with Crippen LogP contribution in [0.3, 0.4) is 0 Å². The predicted octanol–water partition coefficient (Wildman–Crippen LogP) is 7.61. The van der Waals surface area contributed by atoms with Crippen LogP contribution in [0.15, 0.2) is 59.8 Å². The number of ether oxygens (including phenoxy) is 4. The molecule has 1 unspecified atom stereocenters. The van der Waals surface area contributed by atoms with E-state index in [0.29, 0.717) is 64.6 Å². The molecule has 1 heterocycles. The third-order valence-electron chi connectivity index (χ3n) is 8.02. The van der Waals surface area contributed by atoms with Gasteiger partial charge < -0.3 is 24.3 Å². The van der Waals surface area contributed by atoms with E-state index in [9.17, 15) is 18.0 Å². The van der Waals surface area contributed by atoms with E-state index in [2.05, 4.69) is 5.32 Å². The van der Waals surface area contributed by atoms with Gasteiger partial charge in [-0.05, 0) is 70.5 Å². The first-order chi connectivity index (χ1) is 19.7. The fourth-order valence-corrected chi connectivity index (χ4v) is 6.20. The third-order valence-corrected chi connectivity index (χ3v) is 8.02. The number of anilines is 1. The zero-order valence-electron chi connectivity index (χ0n) is 23.0. The Morgan fingerprint density at radius 2 is 1.32 bits per heavy atom. The molecule has 0 bridgehead atoms. The Morgan fingerprint density at radius 1 is 0.756 bits per heavy atom. The molecule has 1 N–H and O–H groups in total. The van der Waals surface area contributed by atoms with Crippen molar-refractivity contribution < 1.29 is 36.9 Å². The smallest absolute Gasteiger partial charge is 0.416 e. The molecule has 41 heavy (non-hydrogen) atoms. The molecule has 4 aromatic carbocycles. The SMILES string of the molecule is COc1cc2c3c(c4cc(OC)c(OC)cc4c2cc1OC)C(c1cccc(C(F)(F)F)c1)C1=C(CCCC1=O)N3. The van der Waals surface area contributed by atoms with Gasteiger partial charge >= 0.3 is 6.18 Å². The first-order valence-corrected chi connectivity index (χ1v) is 13.2. The summed E-state index contributed by atoms with van der Waals surface area (Å²) < 4.78 is 64.2. The Balaban J connectivity index is 1.80. The van der Waals surface area contributed by atoms with Crippen molar-refractivity contribution in [2.45, 2.75) is 31.4 Å². The molecule has 1 aliphatic heterocycles. The van der Waals surface area contributed by atoms with Crippen LogP contribution in [-0.2, 0) is 11.0 Å². The Bertz CT molecular complexity index is 1760. The van der Waals surface area contributed by atoms with Crippen molar-refractivity contribution in [1.29, 1.82) is 0 Å². The van der Waals surface area contributed by atoms with Crippen LogP contribution < -0.4 is 24.3 Å². The molecule has 9 heteroatoms. The number of ketones is 1. The average Bonchev–Trinajstić information content (AvgIpc) is 2.98. The molecule has 0 amide bonds.